The summed E-state index contributed by atoms with van der Waals surface area (Å²) in [4.78, 5) is 16.6. The molecule has 3 rings (SSSR count). The summed E-state index contributed by atoms with van der Waals surface area (Å²) >= 11 is 6.12. The topological polar surface area (TPSA) is 54.0 Å². The number of nitrogens with zero attached hydrogens (tertiary/aromatic N) is 1. The van der Waals surface area contributed by atoms with Gasteiger partial charge >= 0.3 is 0 Å². The van der Waals surface area contributed by atoms with Crippen LogP contribution in [0, 0.1) is 0 Å². The third kappa shape index (κ3) is 4.61. The van der Waals surface area contributed by atoms with Gasteiger partial charge in [-0.15, -0.1) is 0 Å². The van der Waals surface area contributed by atoms with Gasteiger partial charge in [-0.1, -0.05) is 48.9 Å². The minimum atomic E-state index is -0.192. The van der Waals surface area contributed by atoms with Crippen molar-refractivity contribution < 1.29 is 4.79 Å². The lowest BCUT2D eigenvalue weighted by Crippen LogP contribution is -2.23. The quantitative estimate of drug-likeness (QED) is 0.648. The standard InChI is InChI=1S/C21H20ClN3O/c1-2-15-7-9-18(10-8-15)25-19-11-17(12-23-14-19)21(26)24-13-16-5-3-4-6-20(16)22/h3-12,14,25H,2,13H2,1H3,(H,24,26). The van der Waals surface area contributed by atoms with Crippen molar-refractivity contribution in [1.29, 1.82) is 0 Å². The molecule has 0 aliphatic rings. The molecule has 2 N–H and O–H groups in total. The first-order valence-corrected chi connectivity index (χ1v) is 8.86. The van der Waals surface area contributed by atoms with Gasteiger partial charge in [0.15, 0.2) is 0 Å². The van der Waals surface area contributed by atoms with Crippen molar-refractivity contribution in [3.63, 3.8) is 0 Å². The molecular weight excluding hydrogens is 346 g/mol. The molecule has 0 spiro atoms. The molecule has 132 valence electrons. The molecule has 2 aromatic carbocycles. The van der Waals surface area contributed by atoms with Crippen LogP contribution < -0.4 is 10.6 Å². The Morgan fingerprint density at radius 1 is 1.04 bits per heavy atom. The SMILES string of the molecule is CCc1ccc(Nc2cncc(C(=O)NCc3ccccc3Cl)c2)cc1. The molecule has 4 nitrogen and oxygen atoms in total. The van der Waals surface area contributed by atoms with E-state index in [0.29, 0.717) is 17.1 Å². The number of aromatic nitrogens is 1. The van der Waals surface area contributed by atoms with Gasteiger partial charge in [0.1, 0.15) is 0 Å². The lowest BCUT2D eigenvalue weighted by molar-refractivity contribution is 0.0950. The molecule has 0 saturated heterocycles. The highest BCUT2D eigenvalue weighted by atomic mass is 35.5. The zero-order valence-corrected chi connectivity index (χ0v) is 15.3. The first-order valence-electron chi connectivity index (χ1n) is 8.48. The predicted octanol–water partition coefficient (Wildman–Crippen LogP) is 4.97. The average Bonchev–Trinajstić information content (AvgIpc) is 2.68. The molecule has 3 aromatic rings. The number of halogens is 1. The molecule has 0 unspecified atom stereocenters. The molecule has 0 radical (unpaired) electrons. The zero-order chi connectivity index (χ0) is 18.4. The van der Waals surface area contributed by atoms with Crippen LogP contribution in [-0.4, -0.2) is 10.9 Å². The molecule has 5 heteroatoms. The molecule has 0 aliphatic heterocycles. The third-order valence-corrected chi connectivity index (χ3v) is 4.42. The Morgan fingerprint density at radius 3 is 2.54 bits per heavy atom. The van der Waals surface area contributed by atoms with Crippen molar-refractivity contribution in [2.24, 2.45) is 0 Å². The monoisotopic (exact) mass is 365 g/mol. The van der Waals surface area contributed by atoms with Crippen LogP contribution in [0.15, 0.2) is 67.0 Å². The summed E-state index contributed by atoms with van der Waals surface area (Å²) in [6.07, 6.45) is 4.24. The highest BCUT2D eigenvalue weighted by Gasteiger charge is 2.08. The van der Waals surface area contributed by atoms with Crippen LogP contribution in [0.25, 0.3) is 0 Å². The summed E-state index contributed by atoms with van der Waals surface area (Å²) in [5.74, 6) is -0.192. The second-order valence-electron chi connectivity index (χ2n) is 5.91. The van der Waals surface area contributed by atoms with Gasteiger partial charge in [0.2, 0.25) is 0 Å². The molecule has 1 heterocycles. The molecule has 0 saturated carbocycles. The molecule has 1 amide bonds. The van der Waals surface area contributed by atoms with Gasteiger partial charge in [-0.3, -0.25) is 9.78 Å². The fourth-order valence-electron chi connectivity index (χ4n) is 2.54. The summed E-state index contributed by atoms with van der Waals surface area (Å²) in [5, 5.41) is 6.78. The number of carbonyl (C=O) groups is 1. The number of aryl methyl sites for hydroxylation is 1. The van der Waals surface area contributed by atoms with Crippen molar-refractivity contribution in [3.8, 4) is 0 Å². The number of benzene rings is 2. The maximum Gasteiger partial charge on any atom is 0.253 e. The lowest BCUT2D eigenvalue weighted by Gasteiger charge is -2.10. The van der Waals surface area contributed by atoms with E-state index in [4.69, 9.17) is 11.6 Å². The van der Waals surface area contributed by atoms with E-state index in [1.165, 1.54) is 5.56 Å². The van der Waals surface area contributed by atoms with Crippen molar-refractivity contribution in [2.75, 3.05) is 5.32 Å². The minimum Gasteiger partial charge on any atom is -0.354 e. The molecule has 0 bridgehead atoms. The first-order chi connectivity index (χ1) is 12.7. The Morgan fingerprint density at radius 2 is 1.81 bits per heavy atom. The maximum absolute atomic E-state index is 12.4. The van der Waals surface area contributed by atoms with Crippen molar-refractivity contribution in [2.45, 2.75) is 19.9 Å². The van der Waals surface area contributed by atoms with E-state index in [-0.39, 0.29) is 5.91 Å². The van der Waals surface area contributed by atoms with E-state index < -0.39 is 0 Å². The average molecular weight is 366 g/mol. The molecule has 0 fully saturated rings. The highest BCUT2D eigenvalue weighted by molar-refractivity contribution is 6.31. The molecule has 0 atom stereocenters. The Kier molecular flexibility index (Phi) is 5.87. The van der Waals surface area contributed by atoms with E-state index in [9.17, 15) is 4.79 Å². The number of nitrogens with one attached hydrogen (secondary N) is 2. The zero-order valence-electron chi connectivity index (χ0n) is 14.5. The van der Waals surface area contributed by atoms with Gasteiger partial charge in [-0.2, -0.15) is 0 Å². The summed E-state index contributed by atoms with van der Waals surface area (Å²) in [5.41, 5.74) is 4.37. The Labute approximate surface area is 158 Å². The maximum atomic E-state index is 12.4. The number of amides is 1. The second kappa shape index (κ2) is 8.50. The normalized spacial score (nSPS) is 10.4. The van der Waals surface area contributed by atoms with Gasteiger partial charge in [-0.05, 0) is 41.8 Å². The molecule has 0 aliphatic carbocycles. The number of anilines is 2. The van der Waals surface area contributed by atoms with E-state index in [1.807, 2.05) is 30.3 Å². The van der Waals surface area contributed by atoms with Crippen LogP contribution in [0.5, 0.6) is 0 Å². The second-order valence-corrected chi connectivity index (χ2v) is 6.32. The number of hydrogen-bond acceptors (Lipinski definition) is 3. The Balaban J connectivity index is 1.66. The number of pyridine rings is 1. The highest BCUT2D eigenvalue weighted by Crippen LogP contribution is 2.18. The van der Waals surface area contributed by atoms with E-state index in [0.717, 1.165) is 23.4 Å². The summed E-state index contributed by atoms with van der Waals surface area (Å²) in [7, 11) is 0. The van der Waals surface area contributed by atoms with Crippen LogP contribution in [-0.2, 0) is 13.0 Å². The van der Waals surface area contributed by atoms with Gasteiger partial charge in [0.05, 0.1) is 17.4 Å². The van der Waals surface area contributed by atoms with Crippen LogP contribution in [0.2, 0.25) is 5.02 Å². The van der Waals surface area contributed by atoms with Gasteiger partial charge in [-0.25, -0.2) is 0 Å². The third-order valence-electron chi connectivity index (χ3n) is 4.05. The Bertz CT molecular complexity index is 894. The fraction of sp³-hybridized carbons (Fsp3) is 0.143. The summed E-state index contributed by atoms with van der Waals surface area (Å²) in [6, 6.07) is 17.4. The van der Waals surface area contributed by atoms with Gasteiger partial charge in [0, 0.05) is 23.5 Å². The summed E-state index contributed by atoms with van der Waals surface area (Å²) < 4.78 is 0. The lowest BCUT2D eigenvalue weighted by atomic mass is 10.1. The Hall–Kier alpha value is -2.85. The minimum absolute atomic E-state index is 0.192. The number of hydrogen-bond donors (Lipinski definition) is 2. The molecular formula is C21H20ClN3O. The van der Waals surface area contributed by atoms with Crippen molar-refractivity contribution in [3.05, 3.63) is 88.7 Å². The van der Waals surface area contributed by atoms with Crippen LogP contribution in [0.4, 0.5) is 11.4 Å². The summed E-state index contributed by atoms with van der Waals surface area (Å²) in [6.45, 7) is 2.49. The smallest absolute Gasteiger partial charge is 0.253 e. The number of carbonyl (C=O) groups excluding carboxylic acids is 1. The van der Waals surface area contributed by atoms with Crippen LogP contribution >= 0.6 is 11.6 Å². The van der Waals surface area contributed by atoms with Crippen LogP contribution in [0.3, 0.4) is 0 Å². The first kappa shape index (κ1) is 18.0. The largest absolute Gasteiger partial charge is 0.354 e. The fourth-order valence-corrected chi connectivity index (χ4v) is 2.74. The van der Waals surface area contributed by atoms with Crippen molar-refractivity contribution in [1.82, 2.24) is 10.3 Å². The van der Waals surface area contributed by atoms with E-state index in [2.05, 4.69) is 34.7 Å². The van der Waals surface area contributed by atoms with Crippen molar-refractivity contribution >= 4 is 28.9 Å². The van der Waals surface area contributed by atoms with Crippen LogP contribution in [0.1, 0.15) is 28.4 Å². The molecule has 26 heavy (non-hydrogen) atoms. The van der Waals surface area contributed by atoms with E-state index >= 15 is 0 Å². The number of rotatable bonds is 6. The van der Waals surface area contributed by atoms with E-state index in [1.54, 1.807) is 24.5 Å². The predicted molar refractivity (Wildman–Crippen MR) is 106 cm³/mol. The van der Waals surface area contributed by atoms with Gasteiger partial charge < -0.3 is 10.6 Å². The molecule has 1 aromatic heterocycles. The van der Waals surface area contributed by atoms with Gasteiger partial charge in [0.25, 0.3) is 5.91 Å².